The van der Waals surface area contributed by atoms with Gasteiger partial charge in [0.05, 0.1) is 11.6 Å². The lowest BCUT2D eigenvalue weighted by atomic mass is 9.91. The molecule has 0 aromatic carbocycles. The highest BCUT2D eigenvalue weighted by Gasteiger charge is 2.33. The van der Waals surface area contributed by atoms with Crippen LogP contribution in [0, 0.1) is 18.3 Å². The highest BCUT2D eigenvalue weighted by molar-refractivity contribution is 7.10. The Labute approximate surface area is 129 Å². The molecule has 1 aromatic heterocycles. The monoisotopic (exact) mass is 309 g/mol. The Morgan fingerprint density at radius 3 is 2.71 bits per heavy atom. The quantitative estimate of drug-likeness (QED) is 0.913. The number of likely N-dealkylation sites (tertiary alicyclic amines) is 1. The molecule has 1 N–H and O–H groups in total. The number of piperidine rings is 1. The number of aromatic nitrogens is 1. The lowest BCUT2D eigenvalue weighted by Crippen LogP contribution is -2.47. The van der Waals surface area contributed by atoms with E-state index in [-0.39, 0.29) is 17.7 Å². The smallest absolute Gasteiger partial charge is 0.229 e. The number of nitrogens with one attached hydrogen (secondary N) is 1. The molecule has 2 rings (SSSR count). The molecule has 5 nitrogen and oxygen atoms in total. The molecule has 1 aromatic rings. The number of carbonyl (C=O) groups excluding carboxylic acids is 2. The van der Waals surface area contributed by atoms with Crippen molar-refractivity contribution in [3.05, 3.63) is 11.8 Å². The summed E-state index contributed by atoms with van der Waals surface area (Å²) in [4.78, 5) is 26.5. The fourth-order valence-electron chi connectivity index (χ4n) is 2.50. The van der Waals surface area contributed by atoms with Gasteiger partial charge in [0, 0.05) is 18.5 Å². The third-order valence-corrected chi connectivity index (χ3v) is 4.39. The second-order valence-electron chi connectivity index (χ2n) is 6.66. The molecule has 6 heteroatoms. The molecule has 1 aliphatic heterocycles. The number of amides is 2. The normalized spacial score (nSPS) is 19.4. The van der Waals surface area contributed by atoms with Crippen LogP contribution in [0.3, 0.4) is 0 Å². The van der Waals surface area contributed by atoms with Crippen LogP contribution in [-0.4, -0.2) is 34.2 Å². The van der Waals surface area contributed by atoms with E-state index in [2.05, 4.69) is 9.69 Å². The zero-order valence-corrected chi connectivity index (χ0v) is 13.9. The van der Waals surface area contributed by atoms with Gasteiger partial charge in [-0.25, -0.2) is 0 Å². The van der Waals surface area contributed by atoms with Crippen LogP contribution >= 0.6 is 11.5 Å². The summed E-state index contributed by atoms with van der Waals surface area (Å²) < 4.78 is 4.15. The maximum absolute atomic E-state index is 12.3. The first kappa shape index (κ1) is 15.9. The topological polar surface area (TPSA) is 62.3 Å². The van der Waals surface area contributed by atoms with E-state index in [1.165, 1.54) is 11.5 Å². The van der Waals surface area contributed by atoms with Crippen LogP contribution in [0.15, 0.2) is 6.07 Å². The molecule has 1 saturated heterocycles. The molecule has 21 heavy (non-hydrogen) atoms. The van der Waals surface area contributed by atoms with Crippen molar-refractivity contribution >= 4 is 28.3 Å². The first-order valence-corrected chi connectivity index (χ1v) is 8.08. The lowest BCUT2D eigenvalue weighted by Gasteiger charge is -2.35. The lowest BCUT2D eigenvalue weighted by molar-refractivity contribution is -0.142. The van der Waals surface area contributed by atoms with Crippen LogP contribution in [0.1, 0.15) is 39.3 Å². The molecule has 0 aliphatic carbocycles. The van der Waals surface area contributed by atoms with Crippen LogP contribution in [0.5, 0.6) is 0 Å². The van der Waals surface area contributed by atoms with Gasteiger partial charge >= 0.3 is 0 Å². The number of carbonyl (C=O) groups is 2. The van der Waals surface area contributed by atoms with Gasteiger partial charge in [-0.05, 0) is 37.4 Å². The Bertz CT molecular complexity index is 533. The van der Waals surface area contributed by atoms with Crippen molar-refractivity contribution in [1.29, 1.82) is 0 Å². The van der Waals surface area contributed by atoms with E-state index in [4.69, 9.17) is 0 Å². The van der Waals surface area contributed by atoms with Crippen LogP contribution in [-0.2, 0) is 9.59 Å². The summed E-state index contributed by atoms with van der Waals surface area (Å²) in [5, 5.41) is 3.68. The molecule has 0 unspecified atom stereocenters. The number of hydrogen-bond acceptors (Lipinski definition) is 4. The Hall–Kier alpha value is -1.43. The molecule has 116 valence electrons. The molecule has 1 aliphatic rings. The average molecular weight is 309 g/mol. The highest BCUT2D eigenvalue weighted by atomic mass is 32.1. The number of aryl methyl sites for hydroxylation is 1. The van der Waals surface area contributed by atoms with E-state index in [1.807, 2.05) is 38.7 Å². The van der Waals surface area contributed by atoms with Gasteiger partial charge in [-0.1, -0.05) is 20.8 Å². The Balaban J connectivity index is 1.97. The van der Waals surface area contributed by atoms with Crippen LogP contribution in [0.2, 0.25) is 0 Å². The first-order chi connectivity index (χ1) is 9.77. The highest BCUT2D eigenvalue weighted by Crippen LogP contribution is 2.25. The average Bonchev–Trinajstić information content (AvgIpc) is 2.82. The largest absolute Gasteiger partial charge is 0.341 e. The molecule has 0 spiro atoms. The summed E-state index contributed by atoms with van der Waals surface area (Å²) in [5.41, 5.74) is 0.510. The van der Waals surface area contributed by atoms with E-state index in [0.717, 1.165) is 30.1 Å². The predicted molar refractivity (Wildman–Crippen MR) is 84.2 cm³/mol. The van der Waals surface area contributed by atoms with Gasteiger partial charge in [-0.3, -0.25) is 9.59 Å². The molecule has 1 atom stereocenters. The van der Waals surface area contributed by atoms with Crippen LogP contribution in [0.4, 0.5) is 5.00 Å². The molecule has 0 radical (unpaired) electrons. The molecule has 0 bridgehead atoms. The SMILES string of the molecule is Cc1cc(NC(=O)[C@@H]2CCCN(C(=O)C(C)(C)C)C2)sn1. The van der Waals surface area contributed by atoms with Crippen molar-refractivity contribution in [2.45, 2.75) is 40.5 Å². The van der Waals surface area contributed by atoms with Gasteiger partial charge in [-0.15, -0.1) is 0 Å². The van der Waals surface area contributed by atoms with Crippen LogP contribution in [0.25, 0.3) is 0 Å². The maximum atomic E-state index is 12.3. The third kappa shape index (κ3) is 4.03. The molecular weight excluding hydrogens is 286 g/mol. The van der Waals surface area contributed by atoms with Crippen molar-refractivity contribution < 1.29 is 9.59 Å². The van der Waals surface area contributed by atoms with E-state index in [0.29, 0.717) is 6.54 Å². The number of anilines is 1. The maximum Gasteiger partial charge on any atom is 0.229 e. The standard InChI is InChI=1S/C15H23N3O2S/c1-10-8-12(21-17-10)16-13(19)11-6-5-7-18(9-11)14(20)15(2,3)4/h8,11H,5-7,9H2,1-4H3,(H,16,19)/t11-/m1/s1. The third-order valence-electron chi connectivity index (χ3n) is 3.60. The summed E-state index contributed by atoms with van der Waals surface area (Å²) in [5.74, 6) is -0.0221. The van der Waals surface area contributed by atoms with E-state index >= 15 is 0 Å². The van der Waals surface area contributed by atoms with Gasteiger partial charge in [0.25, 0.3) is 0 Å². The van der Waals surface area contributed by atoms with E-state index in [9.17, 15) is 9.59 Å². The first-order valence-electron chi connectivity index (χ1n) is 7.31. The van der Waals surface area contributed by atoms with E-state index in [1.54, 1.807) is 0 Å². The molecule has 2 heterocycles. The van der Waals surface area contributed by atoms with Gasteiger partial charge in [0.15, 0.2) is 0 Å². The van der Waals surface area contributed by atoms with Gasteiger partial charge in [-0.2, -0.15) is 4.37 Å². The summed E-state index contributed by atoms with van der Waals surface area (Å²) in [6.45, 7) is 8.91. The van der Waals surface area contributed by atoms with Gasteiger partial charge in [0.1, 0.15) is 5.00 Å². The summed E-state index contributed by atoms with van der Waals surface area (Å²) in [6.07, 6.45) is 1.71. The fraction of sp³-hybridized carbons (Fsp3) is 0.667. The van der Waals surface area contributed by atoms with Crippen molar-refractivity contribution in [2.24, 2.45) is 11.3 Å². The van der Waals surface area contributed by atoms with Gasteiger partial charge in [0.2, 0.25) is 11.8 Å². The number of hydrogen-bond donors (Lipinski definition) is 1. The van der Waals surface area contributed by atoms with Crippen molar-refractivity contribution in [3.8, 4) is 0 Å². The second-order valence-corrected chi connectivity index (χ2v) is 7.47. The second kappa shape index (κ2) is 6.13. The fourth-order valence-corrected chi connectivity index (χ4v) is 3.16. The molecule has 0 saturated carbocycles. The molecule has 2 amide bonds. The van der Waals surface area contributed by atoms with E-state index < -0.39 is 5.41 Å². The van der Waals surface area contributed by atoms with Crippen molar-refractivity contribution in [2.75, 3.05) is 18.4 Å². The molecular formula is C15H23N3O2S. The summed E-state index contributed by atoms with van der Waals surface area (Å²) >= 11 is 1.29. The number of nitrogens with zero attached hydrogens (tertiary/aromatic N) is 2. The van der Waals surface area contributed by atoms with Crippen molar-refractivity contribution in [1.82, 2.24) is 9.27 Å². The molecule has 1 fully saturated rings. The predicted octanol–water partition coefficient (Wildman–Crippen LogP) is 2.67. The Morgan fingerprint density at radius 2 is 2.14 bits per heavy atom. The Kier molecular flexibility index (Phi) is 4.66. The Morgan fingerprint density at radius 1 is 1.43 bits per heavy atom. The minimum atomic E-state index is -0.396. The summed E-state index contributed by atoms with van der Waals surface area (Å²) in [7, 11) is 0. The summed E-state index contributed by atoms with van der Waals surface area (Å²) in [6, 6.07) is 1.86. The zero-order valence-electron chi connectivity index (χ0n) is 13.1. The minimum absolute atomic E-state index is 0.00920. The number of rotatable bonds is 2. The van der Waals surface area contributed by atoms with Crippen LogP contribution < -0.4 is 5.32 Å². The van der Waals surface area contributed by atoms with Gasteiger partial charge < -0.3 is 10.2 Å². The van der Waals surface area contributed by atoms with Crippen molar-refractivity contribution in [3.63, 3.8) is 0 Å². The minimum Gasteiger partial charge on any atom is -0.341 e. The zero-order chi connectivity index (χ0) is 15.6.